The van der Waals surface area contributed by atoms with Gasteiger partial charge in [0.2, 0.25) is 0 Å². The zero-order chi connectivity index (χ0) is 10.9. The summed E-state index contributed by atoms with van der Waals surface area (Å²) in [4.78, 5) is 8.19. The maximum atomic E-state index is 4.26. The smallest absolute Gasteiger partial charge is 0.115 e. The molecular weight excluding hydrogens is 186 g/mol. The van der Waals surface area contributed by atoms with E-state index in [0.29, 0.717) is 6.04 Å². The maximum absolute atomic E-state index is 4.26. The lowest BCUT2D eigenvalue weighted by atomic mass is 10.1. The van der Waals surface area contributed by atoms with Crippen LogP contribution >= 0.6 is 0 Å². The van der Waals surface area contributed by atoms with E-state index in [-0.39, 0.29) is 0 Å². The van der Waals surface area contributed by atoms with Gasteiger partial charge in [-0.2, -0.15) is 0 Å². The van der Waals surface area contributed by atoms with E-state index in [4.69, 9.17) is 0 Å². The highest BCUT2D eigenvalue weighted by Crippen LogP contribution is 2.04. The van der Waals surface area contributed by atoms with Crippen LogP contribution in [0.25, 0.3) is 0 Å². The van der Waals surface area contributed by atoms with Gasteiger partial charge in [0, 0.05) is 24.4 Å². The number of hydrogen-bond donors (Lipinski definition) is 1. The highest BCUT2D eigenvalue weighted by atomic mass is 14.9. The second-order valence-electron chi connectivity index (χ2n) is 3.84. The first-order valence-electron chi connectivity index (χ1n) is 5.85. The number of nitrogens with one attached hydrogen (secondary N) is 1. The molecule has 0 bridgehead atoms. The third kappa shape index (κ3) is 4.88. The molecule has 1 aromatic rings. The largest absolute Gasteiger partial charge is 0.314 e. The predicted octanol–water partition coefficient (Wildman–Crippen LogP) is 2.19. The van der Waals surface area contributed by atoms with Crippen molar-refractivity contribution in [2.24, 2.45) is 0 Å². The molecule has 0 saturated carbocycles. The van der Waals surface area contributed by atoms with Crippen LogP contribution in [-0.2, 0) is 6.42 Å². The van der Waals surface area contributed by atoms with Crippen LogP contribution in [0, 0.1) is 0 Å². The Balaban J connectivity index is 2.43. The highest BCUT2D eigenvalue weighted by molar-refractivity contribution is 5.00. The van der Waals surface area contributed by atoms with E-state index in [1.807, 2.05) is 12.3 Å². The zero-order valence-corrected chi connectivity index (χ0v) is 9.74. The number of hydrogen-bond acceptors (Lipinski definition) is 3. The predicted molar refractivity (Wildman–Crippen MR) is 62.7 cm³/mol. The van der Waals surface area contributed by atoms with Crippen LogP contribution in [-0.4, -0.2) is 22.6 Å². The van der Waals surface area contributed by atoms with Crippen molar-refractivity contribution in [3.05, 3.63) is 24.3 Å². The molecule has 0 aliphatic carbocycles. The Kier molecular flexibility index (Phi) is 5.93. The van der Waals surface area contributed by atoms with Crippen molar-refractivity contribution >= 4 is 0 Å². The SMILES string of the molecule is CCCNC(CCC)Cc1ccncn1. The minimum absolute atomic E-state index is 0.560. The number of nitrogens with zero attached hydrogens (tertiary/aromatic N) is 2. The summed E-state index contributed by atoms with van der Waals surface area (Å²) in [5.74, 6) is 0. The molecule has 1 N–H and O–H groups in total. The van der Waals surface area contributed by atoms with Crippen LogP contribution in [0.4, 0.5) is 0 Å². The van der Waals surface area contributed by atoms with Gasteiger partial charge in [0.05, 0.1) is 0 Å². The summed E-state index contributed by atoms with van der Waals surface area (Å²) in [6.07, 6.45) is 8.06. The van der Waals surface area contributed by atoms with E-state index < -0.39 is 0 Å². The normalized spacial score (nSPS) is 12.7. The molecule has 0 saturated heterocycles. The molecule has 15 heavy (non-hydrogen) atoms. The van der Waals surface area contributed by atoms with E-state index in [9.17, 15) is 0 Å². The zero-order valence-electron chi connectivity index (χ0n) is 9.74. The van der Waals surface area contributed by atoms with Crippen molar-refractivity contribution < 1.29 is 0 Å². The first-order chi connectivity index (χ1) is 7.36. The Morgan fingerprint density at radius 1 is 1.33 bits per heavy atom. The summed E-state index contributed by atoms with van der Waals surface area (Å²) in [5, 5.41) is 3.56. The second kappa shape index (κ2) is 7.35. The monoisotopic (exact) mass is 207 g/mol. The Labute approximate surface area is 92.3 Å². The molecule has 0 radical (unpaired) electrons. The summed E-state index contributed by atoms with van der Waals surface area (Å²) in [7, 11) is 0. The average Bonchev–Trinajstić information content (AvgIpc) is 2.28. The maximum Gasteiger partial charge on any atom is 0.115 e. The van der Waals surface area contributed by atoms with Gasteiger partial charge in [-0.25, -0.2) is 9.97 Å². The van der Waals surface area contributed by atoms with Gasteiger partial charge >= 0.3 is 0 Å². The van der Waals surface area contributed by atoms with Crippen LogP contribution in [0.1, 0.15) is 38.8 Å². The van der Waals surface area contributed by atoms with Gasteiger partial charge < -0.3 is 5.32 Å². The van der Waals surface area contributed by atoms with Crippen molar-refractivity contribution in [1.29, 1.82) is 0 Å². The summed E-state index contributed by atoms with van der Waals surface area (Å²) in [5.41, 5.74) is 1.13. The van der Waals surface area contributed by atoms with Crippen molar-refractivity contribution in [2.75, 3.05) is 6.54 Å². The summed E-state index contributed by atoms with van der Waals surface area (Å²) in [6, 6.07) is 2.56. The van der Waals surface area contributed by atoms with Gasteiger partial charge in [-0.05, 0) is 25.5 Å². The molecule has 3 heteroatoms. The quantitative estimate of drug-likeness (QED) is 0.744. The van der Waals surface area contributed by atoms with E-state index in [2.05, 4.69) is 29.1 Å². The average molecular weight is 207 g/mol. The minimum atomic E-state index is 0.560. The molecule has 84 valence electrons. The molecule has 0 aromatic carbocycles. The highest BCUT2D eigenvalue weighted by Gasteiger charge is 2.07. The van der Waals surface area contributed by atoms with Gasteiger partial charge in [-0.3, -0.25) is 0 Å². The van der Waals surface area contributed by atoms with Gasteiger partial charge in [0.15, 0.2) is 0 Å². The van der Waals surface area contributed by atoms with E-state index in [1.165, 1.54) is 19.3 Å². The number of rotatable bonds is 7. The second-order valence-corrected chi connectivity index (χ2v) is 3.84. The fourth-order valence-electron chi connectivity index (χ4n) is 1.66. The van der Waals surface area contributed by atoms with Crippen molar-refractivity contribution in [3.63, 3.8) is 0 Å². The Hall–Kier alpha value is -0.960. The molecule has 1 unspecified atom stereocenters. The molecule has 1 rings (SSSR count). The Bertz CT molecular complexity index is 248. The molecule has 1 aromatic heterocycles. The fraction of sp³-hybridized carbons (Fsp3) is 0.667. The van der Waals surface area contributed by atoms with Gasteiger partial charge in [-0.15, -0.1) is 0 Å². The lowest BCUT2D eigenvalue weighted by Crippen LogP contribution is -2.31. The fourth-order valence-corrected chi connectivity index (χ4v) is 1.66. The van der Waals surface area contributed by atoms with Gasteiger partial charge in [0.25, 0.3) is 0 Å². The Morgan fingerprint density at radius 2 is 2.20 bits per heavy atom. The topological polar surface area (TPSA) is 37.8 Å². The first kappa shape index (κ1) is 12.1. The lowest BCUT2D eigenvalue weighted by Gasteiger charge is -2.16. The molecule has 0 fully saturated rings. The van der Waals surface area contributed by atoms with Crippen LogP contribution in [0.3, 0.4) is 0 Å². The molecule has 1 atom stereocenters. The molecule has 3 nitrogen and oxygen atoms in total. The number of aromatic nitrogens is 2. The van der Waals surface area contributed by atoms with E-state index >= 15 is 0 Å². The lowest BCUT2D eigenvalue weighted by molar-refractivity contribution is 0.469. The molecule has 1 heterocycles. The summed E-state index contributed by atoms with van der Waals surface area (Å²) >= 11 is 0. The van der Waals surface area contributed by atoms with Gasteiger partial charge in [-0.1, -0.05) is 20.3 Å². The summed E-state index contributed by atoms with van der Waals surface area (Å²) in [6.45, 7) is 5.51. The Morgan fingerprint density at radius 3 is 2.80 bits per heavy atom. The van der Waals surface area contributed by atoms with Crippen molar-refractivity contribution in [3.8, 4) is 0 Å². The molecular formula is C12H21N3. The first-order valence-corrected chi connectivity index (χ1v) is 5.85. The van der Waals surface area contributed by atoms with Crippen LogP contribution in [0.15, 0.2) is 18.6 Å². The van der Waals surface area contributed by atoms with Crippen molar-refractivity contribution in [1.82, 2.24) is 15.3 Å². The molecule has 0 spiro atoms. The van der Waals surface area contributed by atoms with Crippen LogP contribution in [0.2, 0.25) is 0 Å². The van der Waals surface area contributed by atoms with Crippen molar-refractivity contribution in [2.45, 2.75) is 45.6 Å². The minimum Gasteiger partial charge on any atom is -0.314 e. The third-order valence-electron chi connectivity index (χ3n) is 2.42. The molecule has 0 amide bonds. The van der Waals surface area contributed by atoms with Crippen LogP contribution < -0.4 is 5.32 Å². The standard InChI is InChI=1S/C12H21N3/c1-3-5-11(14-7-4-2)9-12-6-8-13-10-15-12/h6,8,10-11,14H,3-5,7,9H2,1-2H3. The van der Waals surface area contributed by atoms with E-state index in [0.717, 1.165) is 18.7 Å². The van der Waals surface area contributed by atoms with E-state index in [1.54, 1.807) is 6.33 Å². The molecule has 0 aliphatic heterocycles. The summed E-state index contributed by atoms with van der Waals surface area (Å²) < 4.78 is 0. The van der Waals surface area contributed by atoms with Gasteiger partial charge in [0.1, 0.15) is 6.33 Å². The molecule has 0 aliphatic rings. The van der Waals surface area contributed by atoms with Crippen LogP contribution in [0.5, 0.6) is 0 Å². The third-order valence-corrected chi connectivity index (χ3v) is 2.42.